The van der Waals surface area contributed by atoms with Crippen molar-refractivity contribution < 1.29 is 14.3 Å². The molecule has 110 valence electrons. The second-order valence-corrected chi connectivity index (χ2v) is 10.8. The lowest BCUT2D eigenvalue weighted by atomic mass is 10.2. The summed E-state index contributed by atoms with van der Waals surface area (Å²) in [6.07, 6.45) is 0. The Morgan fingerprint density at radius 1 is 1.10 bits per heavy atom. The maximum atomic E-state index is 11.1. The van der Waals surface area contributed by atoms with Gasteiger partial charge >= 0.3 is 5.69 Å². The Kier molecular flexibility index (Phi) is 4.18. The normalized spacial score (nSPS) is 12.1. The highest BCUT2D eigenvalue weighted by Crippen LogP contribution is 2.40. The number of nitro groups is 2. The van der Waals surface area contributed by atoms with Gasteiger partial charge in [-0.3, -0.25) is 20.2 Å². The van der Waals surface area contributed by atoms with E-state index in [1.54, 1.807) is 0 Å². The van der Waals surface area contributed by atoms with Gasteiger partial charge in [0.25, 0.3) is 14.0 Å². The third-order valence-corrected chi connectivity index (χ3v) is 7.86. The maximum absolute atomic E-state index is 11.1. The van der Waals surface area contributed by atoms with Crippen molar-refractivity contribution in [2.45, 2.75) is 38.9 Å². The van der Waals surface area contributed by atoms with E-state index in [0.717, 1.165) is 6.07 Å². The minimum absolute atomic E-state index is 0.0900. The smallest absolute Gasteiger partial charge is 0.316 e. The number of hydrogen-bond donors (Lipinski definition) is 0. The molecule has 0 aromatic heterocycles. The summed E-state index contributed by atoms with van der Waals surface area (Å²) in [5, 5.41) is 21.6. The van der Waals surface area contributed by atoms with Crippen LogP contribution in [-0.4, -0.2) is 18.2 Å². The van der Waals surface area contributed by atoms with Crippen LogP contribution < -0.4 is 4.43 Å². The van der Waals surface area contributed by atoms with E-state index in [1.807, 2.05) is 33.9 Å². The minimum atomic E-state index is -2.24. The molecule has 0 unspecified atom stereocenters. The lowest BCUT2D eigenvalue weighted by Gasteiger charge is -2.36. The predicted octanol–water partition coefficient (Wildman–Crippen LogP) is 3.89. The van der Waals surface area contributed by atoms with Crippen LogP contribution >= 0.6 is 0 Å². The third-order valence-electron chi connectivity index (χ3n) is 3.52. The molecule has 0 aliphatic heterocycles. The van der Waals surface area contributed by atoms with Gasteiger partial charge in [0.15, 0.2) is 5.75 Å². The number of nitrogens with zero attached hydrogens (tertiary/aromatic N) is 2. The Balaban J connectivity index is 3.26. The highest BCUT2D eigenvalue weighted by atomic mass is 28.4. The molecule has 0 radical (unpaired) electrons. The summed E-state index contributed by atoms with van der Waals surface area (Å²) in [5.41, 5.74) is -0.691. The van der Waals surface area contributed by atoms with Crippen molar-refractivity contribution in [1.29, 1.82) is 0 Å². The first-order valence-electron chi connectivity index (χ1n) is 6.07. The molecule has 0 amide bonds. The van der Waals surface area contributed by atoms with Crippen LogP contribution in [0.25, 0.3) is 0 Å². The fraction of sp³-hybridized carbons (Fsp3) is 0.500. The fourth-order valence-corrected chi connectivity index (χ4v) is 2.30. The molecule has 0 aliphatic rings. The Morgan fingerprint density at radius 3 is 2.05 bits per heavy atom. The second kappa shape index (κ2) is 5.20. The molecule has 1 rings (SSSR count). The summed E-state index contributed by atoms with van der Waals surface area (Å²) in [4.78, 5) is 20.4. The number of non-ortho nitro benzene ring substituents is 1. The first-order chi connectivity index (χ1) is 8.95. The van der Waals surface area contributed by atoms with Gasteiger partial charge < -0.3 is 4.43 Å². The first-order valence-corrected chi connectivity index (χ1v) is 8.98. The van der Waals surface area contributed by atoms with Gasteiger partial charge in [0, 0.05) is 6.07 Å². The van der Waals surface area contributed by atoms with Crippen molar-refractivity contribution in [3.05, 3.63) is 38.4 Å². The van der Waals surface area contributed by atoms with E-state index in [4.69, 9.17) is 4.43 Å². The van der Waals surface area contributed by atoms with E-state index < -0.39 is 18.2 Å². The average Bonchev–Trinajstić information content (AvgIpc) is 2.26. The molecule has 0 bridgehead atoms. The SMILES string of the molecule is CC(C)(C)[Si](C)(C)Oc1ccc([N+](=O)[O-])cc1[N+](=O)[O-]. The van der Waals surface area contributed by atoms with Crippen LogP contribution in [0.3, 0.4) is 0 Å². The van der Waals surface area contributed by atoms with Gasteiger partial charge in [0.2, 0.25) is 0 Å². The Bertz CT molecular complexity index is 551. The molecule has 0 saturated carbocycles. The van der Waals surface area contributed by atoms with Crippen LogP contribution in [0, 0.1) is 20.2 Å². The molecule has 20 heavy (non-hydrogen) atoms. The highest BCUT2D eigenvalue weighted by Gasteiger charge is 2.40. The molecule has 8 heteroatoms. The standard InChI is InChI=1S/C12H18N2O5Si/c1-12(2,3)20(4,5)19-11-7-6-9(13(15)16)8-10(11)14(17)18/h6-8H,1-5H3. The van der Waals surface area contributed by atoms with Crippen LogP contribution in [0.1, 0.15) is 20.8 Å². The third kappa shape index (κ3) is 3.32. The molecule has 0 N–H and O–H groups in total. The molecule has 0 atom stereocenters. The molecule has 0 aliphatic carbocycles. The van der Waals surface area contributed by atoms with Gasteiger partial charge in [0.05, 0.1) is 15.9 Å². The topological polar surface area (TPSA) is 95.5 Å². The zero-order valence-corrected chi connectivity index (χ0v) is 13.2. The second-order valence-electron chi connectivity index (χ2n) is 6.03. The van der Waals surface area contributed by atoms with Gasteiger partial charge in [-0.15, -0.1) is 0 Å². The van der Waals surface area contributed by atoms with Crippen LogP contribution in [0.4, 0.5) is 11.4 Å². The lowest BCUT2D eigenvalue weighted by Crippen LogP contribution is -2.44. The Morgan fingerprint density at radius 2 is 1.65 bits per heavy atom. The van der Waals surface area contributed by atoms with E-state index in [2.05, 4.69) is 0 Å². The Labute approximate surface area is 118 Å². The number of nitro benzene ring substituents is 2. The molecule has 1 aromatic carbocycles. The number of hydrogen-bond acceptors (Lipinski definition) is 5. The number of rotatable bonds is 4. The first kappa shape index (κ1) is 16.1. The molecule has 0 spiro atoms. The zero-order valence-electron chi connectivity index (χ0n) is 12.2. The van der Waals surface area contributed by atoms with E-state index >= 15 is 0 Å². The Hall–Kier alpha value is -1.96. The fourth-order valence-electron chi connectivity index (χ4n) is 1.28. The molecule has 0 saturated heterocycles. The van der Waals surface area contributed by atoms with Gasteiger partial charge in [-0.2, -0.15) is 0 Å². The van der Waals surface area contributed by atoms with Gasteiger partial charge in [0.1, 0.15) is 0 Å². The van der Waals surface area contributed by atoms with Crippen molar-refractivity contribution in [2.75, 3.05) is 0 Å². The summed E-state index contributed by atoms with van der Waals surface area (Å²) < 4.78 is 5.87. The van der Waals surface area contributed by atoms with Crippen LogP contribution in [0.5, 0.6) is 5.75 Å². The molecular formula is C12H18N2O5Si. The molecule has 1 aromatic rings. The molecule has 0 fully saturated rings. The average molecular weight is 298 g/mol. The maximum Gasteiger partial charge on any atom is 0.316 e. The summed E-state index contributed by atoms with van der Waals surface area (Å²) in [5.74, 6) is 0.0900. The van der Waals surface area contributed by atoms with Crippen molar-refractivity contribution >= 4 is 19.7 Å². The van der Waals surface area contributed by atoms with Gasteiger partial charge in [-0.1, -0.05) is 20.8 Å². The van der Waals surface area contributed by atoms with E-state index in [0.29, 0.717) is 0 Å². The molecule has 7 nitrogen and oxygen atoms in total. The summed E-state index contributed by atoms with van der Waals surface area (Å²) >= 11 is 0. The summed E-state index contributed by atoms with van der Waals surface area (Å²) in [7, 11) is -2.24. The monoisotopic (exact) mass is 298 g/mol. The summed E-state index contributed by atoms with van der Waals surface area (Å²) in [6, 6.07) is 3.45. The van der Waals surface area contributed by atoms with Crippen molar-refractivity contribution in [3.8, 4) is 5.75 Å². The van der Waals surface area contributed by atoms with Crippen LogP contribution in [0.15, 0.2) is 18.2 Å². The molecule has 0 heterocycles. The van der Waals surface area contributed by atoms with E-state index in [9.17, 15) is 20.2 Å². The van der Waals surface area contributed by atoms with E-state index in [-0.39, 0.29) is 22.2 Å². The van der Waals surface area contributed by atoms with Gasteiger partial charge in [-0.25, -0.2) is 0 Å². The van der Waals surface area contributed by atoms with Crippen molar-refractivity contribution in [3.63, 3.8) is 0 Å². The number of benzene rings is 1. The predicted molar refractivity (Wildman–Crippen MR) is 77.6 cm³/mol. The molecular weight excluding hydrogens is 280 g/mol. The van der Waals surface area contributed by atoms with E-state index in [1.165, 1.54) is 12.1 Å². The van der Waals surface area contributed by atoms with Crippen LogP contribution in [-0.2, 0) is 0 Å². The van der Waals surface area contributed by atoms with Crippen molar-refractivity contribution in [2.24, 2.45) is 0 Å². The van der Waals surface area contributed by atoms with Gasteiger partial charge in [-0.05, 0) is 24.2 Å². The van der Waals surface area contributed by atoms with Crippen molar-refractivity contribution in [1.82, 2.24) is 0 Å². The van der Waals surface area contributed by atoms with Crippen LogP contribution in [0.2, 0.25) is 18.1 Å². The summed E-state index contributed by atoms with van der Waals surface area (Å²) in [6.45, 7) is 9.94. The zero-order chi connectivity index (χ0) is 15.7. The minimum Gasteiger partial charge on any atom is -0.539 e. The lowest BCUT2D eigenvalue weighted by molar-refractivity contribution is -0.394. The quantitative estimate of drug-likeness (QED) is 0.477. The highest BCUT2D eigenvalue weighted by molar-refractivity contribution is 6.74. The largest absolute Gasteiger partial charge is 0.539 e.